The maximum atomic E-state index is 16.7. The van der Waals surface area contributed by atoms with Gasteiger partial charge in [-0.1, -0.05) is 178 Å². The average molecular weight is 1280 g/mol. The number of nitrogens with zero attached hydrogens (tertiary/aromatic N) is 4. The number of para-hydroxylation sites is 3. The minimum atomic E-state index is -0.995. The fraction of sp³-hybridized carbons (Fsp3) is 0.189. The molecule has 0 bridgehead atoms. The molecule has 0 amide bonds. The van der Waals surface area contributed by atoms with Crippen molar-refractivity contribution >= 4 is 44.6 Å². The summed E-state index contributed by atoms with van der Waals surface area (Å²) in [4.78, 5) is 8.98. The van der Waals surface area contributed by atoms with Crippen molar-refractivity contribution in [3.63, 3.8) is 0 Å². The molecule has 0 atom stereocenters. The summed E-state index contributed by atoms with van der Waals surface area (Å²) in [6.45, 7) is 23.5. The predicted octanol–water partition coefficient (Wildman–Crippen LogP) is 20.9. The van der Waals surface area contributed by atoms with Crippen molar-refractivity contribution in [3.05, 3.63) is 247 Å². The van der Waals surface area contributed by atoms with Gasteiger partial charge < -0.3 is 19.1 Å². The number of rotatable bonds is 11. The number of benzene rings is 9. The van der Waals surface area contributed by atoms with E-state index in [0.717, 1.165) is 107 Å². The molecule has 1 aliphatic heterocycles. The standard InChI is InChI=1S/C74H64F3N4O.Pt/c1-45(2)50-32-51(46(3)4)34-53(33-50)62-37-55(74(8,9)10)38-63(71-64(76)40-56(75)41-65(71)77)72(62)80-44-79(67-22-16-17-23-68(67)80)57-35-52(49-26-24-48(25-27-49)47-18-12-11-13-19-47)36-59(42-57)82-58-28-29-61-60-20-14-15-21-66(60)81(69(61)43-58)70-39-54(30-31-78-70)73(5,6)7;/h11-41,44-46H,1-10H3;/q-3;. The van der Waals surface area contributed by atoms with Crippen LogP contribution in [-0.4, -0.2) is 9.55 Å². The average Bonchev–Trinajstić information content (AvgIpc) is 2.41. The summed E-state index contributed by atoms with van der Waals surface area (Å²) >= 11 is 0. The van der Waals surface area contributed by atoms with E-state index in [0.29, 0.717) is 22.9 Å². The fourth-order valence-corrected chi connectivity index (χ4v) is 11.2. The van der Waals surface area contributed by atoms with Crippen LogP contribution in [0.3, 0.4) is 0 Å². The van der Waals surface area contributed by atoms with Crippen LogP contribution in [0.2, 0.25) is 0 Å². The number of anilines is 4. The second-order valence-electron chi connectivity index (χ2n) is 24.2. The fourth-order valence-electron chi connectivity index (χ4n) is 11.2. The van der Waals surface area contributed by atoms with Gasteiger partial charge in [-0.05, 0) is 115 Å². The van der Waals surface area contributed by atoms with Crippen molar-refractivity contribution < 1.29 is 39.0 Å². The van der Waals surface area contributed by atoms with Crippen LogP contribution >= 0.6 is 0 Å². The van der Waals surface area contributed by atoms with Gasteiger partial charge in [0.25, 0.3) is 0 Å². The molecule has 1 aliphatic rings. The summed E-state index contributed by atoms with van der Waals surface area (Å²) in [7, 11) is 0. The quantitative estimate of drug-likeness (QED) is 0.121. The molecule has 0 radical (unpaired) electrons. The monoisotopic (exact) mass is 1280 g/mol. The first-order valence-corrected chi connectivity index (χ1v) is 28.1. The predicted molar refractivity (Wildman–Crippen MR) is 331 cm³/mol. The number of fused-ring (bicyclic) bond motifs is 4. The first kappa shape index (κ1) is 56.7. The van der Waals surface area contributed by atoms with Crippen molar-refractivity contribution in [1.82, 2.24) is 9.55 Å². The molecule has 0 saturated carbocycles. The van der Waals surface area contributed by atoms with Gasteiger partial charge in [-0.3, -0.25) is 0 Å². The SMILES string of the molecule is CC(C)c1cc(-c2cc(C(C)(C)C)cc(-c3c(F)cc(F)cc3F)c2N2[CH-]N(c3[c-]c(Oc4[c-]c5c(cc4)c4ccccc4n5-c4cc(C(C)(C)C)ccn4)cc(-c4ccc(-c5ccccc5)cc4)c3)c3ccccc32)cc(C(C)C)c1.[Pt]. The van der Waals surface area contributed by atoms with Gasteiger partial charge >= 0.3 is 0 Å². The van der Waals surface area contributed by atoms with Crippen LogP contribution in [0.1, 0.15) is 103 Å². The molecular weight excluding hydrogens is 1210 g/mol. The Hall–Kier alpha value is -8.19. The summed E-state index contributed by atoms with van der Waals surface area (Å²) in [5.74, 6) is -0.901. The largest absolute Gasteiger partial charge is 0.509 e. The van der Waals surface area contributed by atoms with Gasteiger partial charge in [-0.2, -0.15) is 6.07 Å². The Kier molecular flexibility index (Phi) is 15.1. The van der Waals surface area contributed by atoms with E-state index in [1.807, 2.05) is 90.6 Å². The zero-order valence-electron chi connectivity index (χ0n) is 48.3. The second kappa shape index (κ2) is 22.2. The maximum absolute atomic E-state index is 16.7. The topological polar surface area (TPSA) is 33.5 Å². The van der Waals surface area contributed by atoms with Crippen molar-refractivity contribution in [3.8, 4) is 61.8 Å². The van der Waals surface area contributed by atoms with Crippen LogP contribution in [0.15, 0.2) is 188 Å². The molecule has 0 spiro atoms. The number of hydrogen-bond donors (Lipinski definition) is 0. The minimum Gasteiger partial charge on any atom is -0.509 e. The van der Waals surface area contributed by atoms with Crippen LogP contribution in [0.5, 0.6) is 11.5 Å². The molecule has 3 heterocycles. The van der Waals surface area contributed by atoms with E-state index in [2.05, 4.69) is 188 Å². The van der Waals surface area contributed by atoms with Crippen molar-refractivity contribution in [2.75, 3.05) is 9.80 Å². The van der Waals surface area contributed by atoms with Gasteiger partial charge in [0.1, 0.15) is 23.3 Å². The van der Waals surface area contributed by atoms with Gasteiger partial charge in [0.2, 0.25) is 0 Å². The summed E-state index contributed by atoms with van der Waals surface area (Å²) < 4.78 is 57.5. The Morgan fingerprint density at radius 3 is 1.75 bits per heavy atom. The summed E-state index contributed by atoms with van der Waals surface area (Å²) in [5, 5.41) is 2.08. The van der Waals surface area contributed by atoms with E-state index in [-0.39, 0.29) is 49.4 Å². The van der Waals surface area contributed by atoms with Gasteiger partial charge in [-0.15, -0.1) is 53.6 Å². The number of pyridine rings is 1. The molecular formula is C74H64F3N4OPt-3. The van der Waals surface area contributed by atoms with Crippen molar-refractivity contribution in [2.24, 2.45) is 0 Å². The summed E-state index contributed by atoms with van der Waals surface area (Å²) in [6.07, 6.45) is 1.87. The van der Waals surface area contributed by atoms with Gasteiger partial charge in [0.05, 0.1) is 5.56 Å². The van der Waals surface area contributed by atoms with Gasteiger partial charge in [0, 0.05) is 84.6 Å². The Morgan fingerprint density at radius 1 is 0.506 bits per heavy atom. The molecule has 0 fully saturated rings. The summed E-state index contributed by atoms with van der Waals surface area (Å²) in [6, 6.07) is 67.0. The third-order valence-corrected chi connectivity index (χ3v) is 15.8. The zero-order valence-corrected chi connectivity index (χ0v) is 50.5. The Balaban J connectivity index is 0.00000721. The number of halogens is 3. The molecule has 9 aromatic carbocycles. The Bertz CT molecular complexity index is 4200. The molecule has 2 aromatic heterocycles. The molecule has 5 nitrogen and oxygen atoms in total. The van der Waals surface area contributed by atoms with Crippen LogP contribution in [0.4, 0.5) is 35.9 Å². The Labute approximate surface area is 500 Å². The van der Waals surface area contributed by atoms with Gasteiger partial charge in [-0.25, -0.2) is 18.2 Å². The smallest absolute Gasteiger partial charge is 0.136 e. The van der Waals surface area contributed by atoms with Crippen molar-refractivity contribution in [1.29, 1.82) is 0 Å². The van der Waals surface area contributed by atoms with E-state index in [1.54, 1.807) is 0 Å². The molecule has 0 saturated heterocycles. The Morgan fingerprint density at radius 2 is 1.10 bits per heavy atom. The van der Waals surface area contributed by atoms with Gasteiger partial charge in [0.15, 0.2) is 0 Å². The third kappa shape index (κ3) is 10.9. The molecule has 420 valence electrons. The van der Waals surface area contributed by atoms with E-state index < -0.39 is 22.9 Å². The summed E-state index contributed by atoms with van der Waals surface area (Å²) in [5.41, 5.74) is 13.9. The van der Waals surface area contributed by atoms with E-state index in [1.165, 1.54) is 0 Å². The normalized spacial score (nSPS) is 12.7. The van der Waals surface area contributed by atoms with Crippen LogP contribution in [-0.2, 0) is 31.9 Å². The molecule has 12 rings (SSSR count). The van der Waals surface area contributed by atoms with E-state index >= 15 is 8.78 Å². The molecule has 83 heavy (non-hydrogen) atoms. The maximum Gasteiger partial charge on any atom is 0.136 e. The van der Waals surface area contributed by atoms with Crippen molar-refractivity contribution in [2.45, 2.75) is 91.9 Å². The van der Waals surface area contributed by atoms with Crippen LogP contribution in [0, 0.1) is 36.3 Å². The number of ether oxygens (including phenoxy) is 1. The molecule has 0 aliphatic carbocycles. The van der Waals surface area contributed by atoms with Crippen LogP contribution in [0.25, 0.3) is 72.1 Å². The van der Waals surface area contributed by atoms with E-state index in [9.17, 15) is 4.39 Å². The second-order valence-corrected chi connectivity index (χ2v) is 24.2. The minimum absolute atomic E-state index is 0. The molecule has 9 heteroatoms. The molecule has 11 aromatic rings. The molecule has 0 unspecified atom stereocenters. The number of aromatic nitrogens is 2. The third-order valence-electron chi connectivity index (χ3n) is 15.8. The first-order chi connectivity index (χ1) is 39.3. The molecule has 0 N–H and O–H groups in total. The van der Waals surface area contributed by atoms with E-state index in [4.69, 9.17) is 9.72 Å². The number of hydrogen-bond acceptors (Lipinski definition) is 4. The van der Waals surface area contributed by atoms with Crippen LogP contribution < -0.4 is 14.5 Å². The first-order valence-electron chi connectivity index (χ1n) is 28.1. The zero-order chi connectivity index (χ0) is 57.4.